The Labute approximate surface area is 111 Å². The number of carboxylic acid groups (broad SMARTS) is 1. The van der Waals surface area contributed by atoms with Crippen molar-refractivity contribution < 1.29 is 14.6 Å². The van der Waals surface area contributed by atoms with Gasteiger partial charge in [-0.2, -0.15) is 0 Å². The monoisotopic (exact) mass is 266 g/mol. The van der Waals surface area contributed by atoms with E-state index >= 15 is 0 Å². The van der Waals surface area contributed by atoms with Crippen molar-refractivity contribution in [1.29, 1.82) is 0 Å². The van der Waals surface area contributed by atoms with Crippen LogP contribution in [0.3, 0.4) is 0 Å². The molecule has 4 heteroatoms. The van der Waals surface area contributed by atoms with Crippen molar-refractivity contribution in [2.24, 2.45) is 0 Å². The zero-order valence-corrected chi connectivity index (χ0v) is 10.7. The van der Waals surface area contributed by atoms with Gasteiger partial charge in [0.1, 0.15) is 11.4 Å². The first-order valence-corrected chi connectivity index (χ1v) is 6.66. The van der Waals surface area contributed by atoms with E-state index in [4.69, 9.17) is 21.4 Å². The average Bonchev–Trinajstić information content (AvgIpc) is 2.27. The van der Waals surface area contributed by atoms with Gasteiger partial charge in [0.25, 0.3) is 0 Å². The van der Waals surface area contributed by atoms with Crippen LogP contribution in [0.5, 0.6) is 5.75 Å². The Morgan fingerprint density at radius 2 is 2.28 bits per heavy atom. The number of rotatable bonds is 2. The molecule has 0 bridgehead atoms. The van der Waals surface area contributed by atoms with Crippen LogP contribution in [0.15, 0.2) is 18.2 Å². The summed E-state index contributed by atoms with van der Waals surface area (Å²) in [4.78, 5) is 11.0. The number of hydrogen-bond donors (Lipinski definition) is 1. The molecule has 0 saturated heterocycles. The van der Waals surface area contributed by atoms with Crippen LogP contribution in [0.1, 0.15) is 43.6 Å². The number of benzene rings is 1. The summed E-state index contributed by atoms with van der Waals surface area (Å²) in [6.07, 6.45) is 4.18. The summed E-state index contributed by atoms with van der Waals surface area (Å²) in [6, 6.07) is 5.51. The minimum absolute atomic E-state index is 0.0187. The van der Waals surface area contributed by atoms with Gasteiger partial charge >= 0.3 is 5.97 Å². The molecule has 1 heterocycles. The smallest absolute Gasteiger partial charge is 0.303 e. The lowest BCUT2D eigenvalue weighted by Crippen LogP contribution is -2.47. The fraction of sp³-hybridized carbons (Fsp3) is 0.500. The molecule has 1 atom stereocenters. The molecule has 0 amide bonds. The van der Waals surface area contributed by atoms with Crippen LogP contribution in [0.25, 0.3) is 0 Å². The Morgan fingerprint density at radius 3 is 2.89 bits per heavy atom. The number of carbonyl (C=O) groups is 1. The largest absolute Gasteiger partial charge is 0.487 e. The highest BCUT2D eigenvalue weighted by Gasteiger charge is 2.45. The lowest BCUT2D eigenvalue weighted by atomic mass is 9.70. The maximum Gasteiger partial charge on any atom is 0.303 e. The van der Waals surface area contributed by atoms with Crippen LogP contribution in [-0.2, 0) is 4.79 Å². The molecule has 96 valence electrons. The molecule has 1 aromatic rings. The van der Waals surface area contributed by atoms with Gasteiger partial charge in [-0.15, -0.1) is 0 Å². The number of hydrogen-bond acceptors (Lipinski definition) is 2. The minimum atomic E-state index is -0.762. The van der Waals surface area contributed by atoms with Crippen molar-refractivity contribution >= 4 is 17.6 Å². The second-order valence-corrected chi connectivity index (χ2v) is 5.76. The predicted octanol–water partition coefficient (Wildman–Crippen LogP) is 3.60. The van der Waals surface area contributed by atoms with Gasteiger partial charge in [-0.25, -0.2) is 0 Å². The number of halogens is 1. The first kappa shape index (κ1) is 11.8. The van der Waals surface area contributed by atoms with Gasteiger partial charge in [-0.1, -0.05) is 11.6 Å². The Hall–Kier alpha value is -1.22. The molecule has 3 rings (SSSR count). The number of ether oxygens (including phenoxy) is 1. The van der Waals surface area contributed by atoms with Crippen molar-refractivity contribution in [2.75, 3.05) is 0 Å². The van der Waals surface area contributed by atoms with Crippen molar-refractivity contribution in [3.63, 3.8) is 0 Å². The first-order valence-electron chi connectivity index (χ1n) is 6.28. The highest BCUT2D eigenvalue weighted by Crippen LogP contribution is 2.50. The van der Waals surface area contributed by atoms with Gasteiger partial charge in [0.05, 0.1) is 6.42 Å². The fourth-order valence-corrected chi connectivity index (χ4v) is 3.22. The van der Waals surface area contributed by atoms with Crippen LogP contribution in [0, 0.1) is 0 Å². The van der Waals surface area contributed by atoms with Gasteiger partial charge in [-0.3, -0.25) is 4.79 Å². The Balaban J connectivity index is 1.97. The second kappa shape index (κ2) is 4.16. The minimum Gasteiger partial charge on any atom is -0.487 e. The van der Waals surface area contributed by atoms with Gasteiger partial charge in [-0.05, 0) is 49.4 Å². The summed E-state index contributed by atoms with van der Waals surface area (Å²) in [6.45, 7) is 0. The summed E-state index contributed by atoms with van der Waals surface area (Å²) in [7, 11) is 0. The SMILES string of the molecule is O=C(O)CC1CC2(CCC2)Oc2ccc(Cl)cc21. The Kier molecular flexibility index (Phi) is 2.74. The maximum absolute atomic E-state index is 11.0. The van der Waals surface area contributed by atoms with Crippen LogP contribution in [-0.4, -0.2) is 16.7 Å². The normalized spacial score (nSPS) is 23.9. The van der Waals surface area contributed by atoms with Crippen molar-refractivity contribution in [3.8, 4) is 5.75 Å². The molecule has 0 radical (unpaired) electrons. The van der Waals surface area contributed by atoms with Crippen molar-refractivity contribution in [2.45, 2.75) is 43.6 Å². The number of carboxylic acids is 1. The molecule has 1 saturated carbocycles. The second-order valence-electron chi connectivity index (χ2n) is 5.32. The molecule has 0 aromatic heterocycles. The first-order chi connectivity index (χ1) is 8.58. The molecule has 1 aliphatic heterocycles. The summed E-state index contributed by atoms with van der Waals surface area (Å²) in [5.41, 5.74) is 0.837. The van der Waals surface area contributed by atoms with E-state index in [1.807, 2.05) is 12.1 Å². The van der Waals surface area contributed by atoms with Crippen LogP contribution in [0.4, 0.5) is 0 Å². The third-order valence-electron chi connectivity index (χ3n) is 4.04. The molecule has 1 aliphatic carbocycles. The third-order valence-corrected chi connectivity index (χ3v) is 4.28. The number of fused-ring (bicyclic) bond motifs is 1. The molecule has 3 nitrogen and oxygen atoms in total. The van der Waals surface area contributed by atoms with Crippen LogP contribution in [0.2, 0.25) is 5.02 Å². The zero-order valence-electron chi connectivity index (χ0n) is 9.99. The Bertz CT molecular complexity index is 494. The topological polar surface area (TPSA) is 46.5 Å². The number of aliphatic carboxylic acids is 1. The highest BCUT2D eigenvalue weighted by molar-refractivity contribution is 6.30. The lowest BCUT2D eigenvalue weighted by molar-refractivity contribution is -0.138. The Morgan fingerprint density at radius 1 is 1.50 bits per heavy atom. The molecule has 2 aliphatic rings. The summed E-state index contributed by atoms with van der Waals surface area (Å²) < 4.78 is 6.07. The highest BCUT2D eigenvalue weighted by atomic mass is 35.5. The fourth-order valence-electron chi connectivity index (χ4n) is 3.04. The van der Waals surface area contributed by atoms with Gasteiger partial charge in [0, 0.05) is 10.9 Å². The molecule has 1 spiro atoms. The quantitative estimate of drug-likeness (QED) is 0.890. The van der Waals surface area contributed by atoms with E-state index in [0.717, 1.165) is 30.6 Å². The average molecular weight is 267 g/mol. The standard InChI is InChI=1S/C14H15ClO3/c15-10-2-3-12-11(7-10)9(6-13(16)17)8-14(18-12)4-1-5-14/h2-3,7,9H,1,4-6,8H2,(H,16,17). The van der Waals surface area contributed by atoms with E-state index in [2.05, 4.69) is 0 Å². The van der Waals surface area contributed by atoms with E-state index < -0.39 is 5.97 Å². The lowest BCUT2D eigenvalue weighted by Gasteiger charge is -2.47. The van der Waals surface area contributed by atoms with Crippen molar-refractivity contribution in [3.05, 3.63) is 28.8 Å². The third kappa shape index (κ3) is 1.97. The zero-order chi connectivity index (χ0) is 12.8. The van der Waals surface area contributed by atoms with Gasteiger partial charge < -0.3 is 9.84 Å². The van der Waals surface area contributed by atoms with E-state index in [-0.39, 0.29) is 17.9 Å². The van der Waals surface area contributed by atoms with Crippen molar-refractivity contribution in [1.82, 2.24) is 0 Å². The molecular formula is C14H15ClO3. The molecule has 18 heavy (non-hydrogen) atoms. The molecular weight excluding hydrogens is 252 g/mol. The maximum atomic E-state index is 11.0. The van der Waals surface area contributed by atoms with E-state index in [9.17, 15) is 4.79 Å². The summed E-state index contributed by atoms with van der Waals surface area (Å²) in [5.74, 6) is 0.0733. The van der Waals surface area contributed by atoms with E-state index in [1.165, 1.54) is 6.42 Å². The van der Waals surface area contributed by atoms with E-state index in [0.29, 0.717) is 5.02 Å². The molecule has 1 fully saturated rings. The van der Waals surface area contributed by atoms with Gasteiger partial charge in [0.15, 0.2) is 0 Å². The predicted molar refractivity (Wildman–Crippen MR) is 68.3 cm³/mol. The summed E-state index contributed by atoms with van der Waals surface area (Å²) >= 11 is 5.99. The molecule has 1 aromatic carbocycles. The summed E-state index contributed by atoms with van der Waals surface area (Å²) in [5, 5.41) is 9.68. The molecule has 1 N–H and O–H groups in total. The van der Waals surface area contributed by atoms with Crippen LogP contribution < -0.4 is 4.74 Å². The van der Waals surface area contributed by atoms with E-state index in [1.54, 1.807) is 6.07 Å². The molecule has 1 unspecified atom stereocenters. The van der Waals surface area contributed by atoms with Gasteiger partial charge in [0.2, 0.25) is 0 Å². The van der Waals surface area contributed by atoms with Crippen LogP contribution >= 0.6 is 11.6 Å².